The maximum atomic E-state index is 14.0. The molecule has 0 bridgehead atoms. The van der Waals surface area contributed by atoms with Crippen molar-refractivity contribution in [3.8, 4) is 0 Å². The van der Waals surface area contributed by atoms with Gasteiger partial charge >= 0.3 is 0 Å². The number of methoxy groups -OCH3 is 1. The summed E-state index contributed by atoms with van der Waals surface area (Å²) in [4.78, 5) is 10.8. The highest BCUT2D eigenvalue weighted by atomic mass is 127. The number of aryl methyl sites for hydroxylation is 1. The van der Waals surface area contributed by atoms with E-state index in [0.717, 1.165) is 37.6 Å². The molecule has 1 fully saturated rings. The highest BCUT2D eigenvalue weighted by Gasteiger charge is 2.26. The number of guanidine groups is 1. The molecule has 1 saturated heterocycles. The Morgan fingerprint density at radius 1 is 1.40 bits per heavy atom. The smallest absolute Gasteiger partial charge is 0.191 e. The first-order valence-electron chi connectivity index (χ1n) is 9.82. The SMILES string of the molecule is COCCCNC(=NCc1nnc(C)n1C)NC1CCN(c2ncccc2F)C1.I. The van der Waals surface area contributed by atoms with Crippen molar-refractivity contribution in [2.75, 3.05) is 38.3 Å². The number of aliphatic imine (C=N–C) groups is 1. The van der Waals surface area contributed by atoms with Gasteiger partial charge in [-0.05, 0) is 31.9 Å². The van der Waals surface area contributed by atoms with Crippen molar-refractivity contribution < 1.29 is 9.13 Å². The van der Waals surface area contributed by atoms with Crippen molar-refractivity contribution in [2.24, 2.45) is 12.0 Å². The van der Waals surface area contributed by atoms with Gasteiger partial charge in [-0.25, -0.2) is 14.4 Å². The summed E-state index contributed by atoms with van der Waals surface area (Å²) >= 11 is 0. The molecular formula is C19H30FIN8O. The van der Waals surface area contributed by atoms with Crippen LogP contribution >= 0.6 is 24.0 Å². The third-order valence-corrected chi connectivity index (χ3v) is 4.95. The summed E-state index contributed by atoms with van der Waals surface area (Å²) in [7, 11) is 3.61. The molecule has 0 aliphatic carbocycles. The lowest BCUT2D eigenvalue weighted by Gasteiger charge is -2.20. The second-order valence-electron chi connectivity index (χ2n) is 7.05. The summed E-state index contributed by atoms with van der Waals surface area (Å²) in [6.07, 6.45) is 3.36. The monoisotopic (exact) mass is 532 g/mol. The van der Waals surface area contributed by atoms with Gasteiger partial charge in [0.05, 0.1) is 0 Å². The lowest BCUT2D eigenvalue weighted by molar-refractivity contribution is 0.195. The van der Waals surface area contributed by atoms with E-state index in [0.29, 0.717) is 31.5 Å². The van der Waals surface area contributed by atoms with Gasteiger partial charge in [0.15, 0.2) is 23.4 Å². The molecule has 3 rings (SSSR count). The molecule has 0 aromatic carbocycles. The van der Waals surface area contributed by atoms with Crippen LogP contribution in [0.4, 0.5) is 10.2 Å². The number of pyridine rings is 1. The van der Waals surface area contributed by atoms with Crippen LogP contribution < -0.4 is 15.5 Å². The number of hydrogen-bond acceptors (Lipinski definition) is 6. The molecule has 1 aliphatic rings. The van der Waals surface area contributed by atoms with Gasteiger partial charge < -0.3 is 24.8 Å². The van der Waals surface area contributed by atoms with Crippen molar-refractivity contribution in [3.63, 3.8) is 0 Å². The lowest BCUT2D eigenvalue weighted by atomic mass is 10.3. The summed E-state index contributed by atoms with van der Waals surface area (Å²) in [5.74, 6) is 2.45. The summed E-state index contributed by atoms with van der Waals surface area (Å²) in [6.45, 7) is 5.15. The lowest BCUT2D eigenvalue weighted by Crippen LogP contribution is -2.45. The molecule has 9 nitrogen and oxygen atoms in total. The molecule has 1 unspecified atom stereocenters. The first kappa shape index (κ1) is 24.3. The summed E-state index contributed by atoms with van der Waals surface area (Å²) < 4.78 is 21.1. The Bertz CT molecular complexity index is 831. The Labute approximate surface area is 193 Å². The molecule has 2 aromatic rings. The zero-order chi connectivity index (χ0) is 20.6. The van der Waals surface area contributed by atoms with Crippen molar-refractivity contribution in [1.82, 2.24) is 30.4 Å². The number of nitrogens with zero attached hydrogens (tertiary/aromatic N) is 6. The average Bonchev–Trinajstić information content (AvgIpc) is 3.31. The number of nitrogens with one attached hydrogen (secondary N) is 2. The largest absolute Gasteiger partial charge is 0.385 e. The zero-order valence-corrected chi connectivity index (χ0v) is 20.0. The number of halogens is 2. The van der Waals surface area contributed by atoms with E-state index in [-0.39, 0.29) is 35.8 Å². The standard InChI is InChI=1S/C19H29FN8O.HI/c1-14-25-26-17(27(14)2)12-23-19(22-9-5-11-29-3)24-15-7-10-28(13-15)18-16(20)6-4-8-21-18;/h4,6,8,15H,5,7,9-13H2,1-3H3,(H2,22,23,24);1H. The topological polar surface area (TPSA) is 92.5 Å². The second-order valence-corrected chi connectivity index (χ2v) is 7.05. The van der Waals surface area contributed by atoms with E-state index in [2.05, 4.69) is 30.8 Å². The van der Waals surface area contributed by atoms with Gasteiger partial charge in [0, 0.05) is 52.6 Å². The molecular weight excluding hydrogens is 502 g/mol. The Kier molecular flexibility index (Phi) is 9.69. The Hall–Kier alpha value is -2.02. The highest BCUT2D eigenvalue weighted by molar-refractivity contribution is 14.0. The molecule has 166 valence electrons. The predicted molar refractivity (Wildman–Crippen MR) is 125 cm³/mol. The number of hydrogen-bond donors (Lipinski definition) is 2. The molecule has 0 saturated carbocycles. The van der Waals surface area contributed by atoms with E-state index in [9.17, 15) is 4.39 Å². The number of anilines is 1. The quantitative estimate of drug-likeness (QED) is 0.231. The van der Waals surface area contributed by atoms with Crippen LogP contribution in [0.15, 0.2) is 23.3 Å². The third kappa shape index (κ3) is 6.49. The minimum atomic E-state index is -0.294. The first-order valence-corrected chi connectivity index (χ1v) is 9.82. The van der Waals surface area contributed by atoms with Gasteiger partial charge in [0.2, 0.25) is 0 Å². The van der Waals surface area contributed by atoms with Crippen LogP contribution in [0.3, 0.4) is 0 Å². The minimum absolute atomic E-state index is 0. The molecule has 2 N–H and O–H groups in total. The van der Waals surface area contributed by atoms with Gasteiger partial charge in [0.1, 0.15) is 12.4 Å². The van der Waals surface area contributed by atoms with Gasteiger partial charge in [0.25, 0.3) is 0 Å². The van der Waals surface area contributed by atoms with E-state index in [1.165, 1.54) is 6.07 Å². The van der Waals surface area contributed by atoms with Crippen molar-refractivity contribution in [1.29, 1.82) is 0 Å². The van der Waals surface area contributed by atoms with Gasteiger partial charge in [-0.15, -0.1) is 34.2 Å². The van der Waals surface area contributed by atoms with E-state index >= 15 is 0 Å². The van der Waals surface area contributed by atoms with Gasteiger partial charge in [-0.1, -0.05) is 0 Å². The zero-order valence-electron chi connectivity index (χ0n) is 17.6. The fourth-order valence-corrected chi connectivity index (χ4v) is 3.19. The van der Waals surface area contributed by atoms with E-state index in [1.54, 1.807) is 19.4 Å². The molecule has 2 aromatic heterocycles. The van der Waals surface area contributed by atoms with Crippen molar-refractivity contribution >= 4 is 35.8 Å². The third-order valence-electron chi connectivity index (χ3n) is 4.95. The van der Waals surface area contributed by atoms with Crippen LogP contribution in [0.5, 0.6) is 0 Å². The van der Waals surface area contributed by atoms with Crippen LogP contribution in [-0.4, -0.2) is 65.1 Å². The predicted octanol–water partition coefficient (Wildman–Crippen LogP) is 1.63. The molecule has 3 heterocycles. The number of ether oxygens (including phenoxy) is 1. The van der Waals surface area contributed by atoms with Crippen LogP contribution in [-0.2, 0) is 18.3 Å². The molecule has 0 amide bonds. The molecule has 0 radical (unpaired) electrons. The summed E-state index contributed by atoms with van der Waals surface area (Å²) in [5.41, 5.74) is 0. The van der Waals surface area contributed by atoms with Gasteiger partial charge in [-0.2, -0.15) is 0 Å². The van der Waals surface area contributed by atoms with Gasteiger partial charge in [-0.3, -0.25) is 0 Å². The minimum Gasteiger partial charge on any atom is -0.385 e. The second kappa shape index (κ2) is 12.0. The van der Waals surface area contributed by atoms with E-state index in [4.69, 9.17) is 4.74 Å². The van der Waals surface area contributed by atoms with E-state index in [1.807, 2.05) is 23.4 Å². The van der Waals surface area contributed by atoms with Crippen LogP contribution in [0, 0.1) is 12.7 Å². The molecule has 0 spiro atoms. The van der Waals surface area contributed by atoms with Crippen LogP contribution in [0.2, 0.25) is 0 Å². The Morgan fingerprint density at radius 2 is 2.23 bits per heavy atom. The maximum Gasteiger partial charge on any atom is 0.191 e. The van der Waals surface area contributed by atoms with Crippen LogP contribution in [0.1, 0.15) is 24.5 Å². The molecule has 30 heavy (non-hydrogen) atoms. The molecule has 1 aliphatic heterocycles. The molecule has 11 heteroatoms. The summed E-state index contributed by atoms with van der Waals surface area (Å²) in [5, 5.41) is 15.0. The molecule has 1 atom stereocenters. The van der Waals surface area contributed by atoms with E-state index < -0.39 is 0 Å². The average molecular weight is 532 g/mol. The Morgan fingerprint density at radius 3 is 2.93 bits per heavy atom. The number of rotatable bonds is 8. The number of aromatic nitrogens is 4. The normalized spacial score (nSPS) is 16.5. The fourth-order valence-electron chi connectivity index (χ4n) is 3.19. The summed E-state index contributed by atoms with van der Waals surface area (Å²) in [6, 6.07) is 3.19. The van der Waals surface area contributed by atoms with Crippen molar-refractivity contribution in [3.05, 3.63) is 35.8 Å². The highest BCUT2D eigenvalue weighted by Crippen LogP contribution is 2.20. The first-order chi connectivity index (χ1) is 14.1. The maximum absolute atomic E-state index is 14.0. The van der Waals surface area contributed by atoms with Crippen LogP contribution in [0.25, 0.3) is 0 Å². The Balaban J connectivity index is 0.00000320. The fraction of sp³-hybridized carbons (Fsp3) is 0.579. The van der Waals surface area contributed by atoms with Crippen molar-refractivity contribution in [2.45, 2.75) is 32.4 Å².